The number of aryl methyl sites for hydroxylation is 1. The Morgan fingerprint density at radius 1 is 1.41 bits per heavy atom. The molecule has 0 aromatic heterocycles. The molecule has 1 fully saturated rings. The molecular weight excluding hydrogens is 212 g/mol. The van der Waals surface area contributed by atoms with Gasteiger partial charge in [-0.25, -0.2) is 0 Å². The summed E-state index contributed by atoms with van der Waals surface area (Å²) in [5.41, 5.74) is 8.30. The third kappa shape index (κ3) is 3.22. The van der Waals surface area contributed by atoms with Crippen molar-refractivity contribution in [2.24, 2.45) is 5.92 Å². The Balaban J connectivity index is 1.95. The largest absolute Gasteiger partial charge is 0.399 e. The van der Waals surface area contributed by atoms with E-state index in [2.05, 4.69) is 5.32 Å². The number of nitrogens with two attached hydrogens (primary N) is 1. The summed E-state index contributed by atoms with van der Waals surface area (Å²) in [6, 6.07) is 5.60. The van der Waals surface area contributed by atoms with Gasteiger partial charge in [0.2, 0.25) is 5.91 Å². The highest BCUT2D eigenvalue weighted by atomic mass is 16.1. The number of carbonyl (C=O) groups excluding carboxylic acids is 1. The van der Waals surface area contributed by atoms with Gasteiger partial charge in [0.05, 0.1) is 0 Å². The molecule has 1 aliphatic carbocycles. The molecule has 0 heterocycles. The highest BCUT2D eigenvalue weighted by Crippen LogP contribution is 2.28. The maximum absolute atomic E-state index is 11.9. The van der Waals surface area contributed by atoms with Gasteiger partial charge in [0.1, 0.15) is 0 Å². The topological polar surface area (TPSA) is 55.1 Å². The minimum absolute atomic E-state index is 0.116. The predicted octanol–water partition coefficient (Wildman–Crippen LogP) is 3.10. The number of hydrogen-bond acceptors (Lipinski definition) is 2. The first kappa shape index (κ1) is 12.0. The van der Waals surface area contributed by atoms with Gasteiger partial charge in [-0.15, -0.1) is 0 Å². The molecule has 0 atom stereocenters. The second-order valence-electron chi connectivity index (χ2n) is 4.98. The van der Waals surface area contributed by atoms with Gasteiger partial charge < -0.3 is 11.1 Å². The van der Waals surface area contributed by atoms with Crippen molar-refractivity contribution in [3.8, 4) is 0 Å². The van der Waals surface area contributed by atoms with Crippen LogP contribution in [0.15, 0.2) is 18.2 Å². The molecule has 1 amide bonds. The number of amides is 1. The summed E-state index contributed by atoms with van der Waals surface area (Å²) >= 11 is 0. The lowest BCUT2D eigenvalue weighted by Gasteiger charge is -2.11. The van der Waals surface area contributed by atoms with E-state index >= 15 is 0 Å². The van der Waals surface area contributed by atoms with Crippen molar-refractivity contribution in [1.82, 2.24) is 0 Å². The second-order valence-corrected chi connectivity index (χ2v) is 4.98. The quantitative estimate of drug-likeness (QED) is 0.787. The van der Waals surface area contributed by atoms with Crippen molar-refractivity contribution in [2.75, 3.05) is 11.1 Å². The van der Waals surface area contributed by atoms with Gasteiger partial charge in [-0.05, 0) is 43.4 Å². The van der Waals surface area contributed by atoms with Gasteiger partial charge in [-0.3, -0.25) is 4.79 Å². The lowest BCUT2D eigenvalue weighted by Crippen LogP contribution is -2.15. The van der Waals surface area contributed by atoms with E-state index in [0.29, 0.717) is 18.0 Å². The molecule has 2 rings (SSSR count). The molecule has 0 saturated heterocycles. The van der Waals surface area contributed by atoms with Crippen LogP contribution < -0.4 is 11.1 Å². The van der Waals surface area contributed by atoms with Crippen LogP contribution in [0.5, 0.6) is 0 Å². The minimum Gasteiger partial charge on any atom is -0.399 e. The van der Waals surface area contributed by atoms with Crippen LogP contribution in [-0.4, -0.2) is 5.91 Å². The molecule has 92 valence electrons. The van der Waals surface area contributed by atoms with E-state index in [9.17, 15) is 4.79 Å². The zero-order valence-corrected chi connectivity index (χ0v) is 10.3. The minimum atomic E-state index is 0.116. The zero-order valence-electron chi connectivity index (χ0n) is 10.3. The average Bonchev–Trinajstić information content (AvgIpc) is 2.76. The van der Waals surface area contributed by atoms with Crippen molar-refractivity contribution in [2.45, 2.75) is 39.0 Å². The smallest absolute Gasteiger partial charge is 0.224 e. The molecule has 3 N–H and O–H groups in total. The SMILES string of the molecule is Cc1ccc(N)cc1NC(=O)CC1CCCC1. The van der Waals surface area contributed by atoms with Crippen LogP contribution in [0.1, 0.15) is 37.7 Å². The van der Waals surface area contributed by atoms with Crippen molar-refractivity contribution >= 4 is 17.3 Å². The highest BCUT2D eigenvalue weighted by Gasteiger charge is 2.18. The Morgan fingerprint density at radius 2 is 2.12 bits per heavy atom. The van der Waals surface area contributed by atoms with Crippen molar-refractivity contribution in [3.05, 3.63) is 23.8 Å². The fourth-order valence-corrected chi connectivity index (χ4v) is 2.45. The first-order valence-electron chi connectivity index (χ1n) is 6.31. The lowest BCUT2D eigenvalue weighted by molar-refractivity contribution is -0.117. The van der Waals surface area contributed by atoms with Crippen LogP contribution in [0.3, 0.4) is 0 Å². The third-order valence-corrected chi connectivity index (χ3v) is 3.48. The van der Waals surface area contributed by atoms with Crippen LogP contribution in [-0.2, 0) is 4.79 Å². The van der Waals surface area contributed by atoms with E-state index in [0.717, 1.165) is 11.3 Å². The van der Waals surface area contributed by atoms with E-state index in [-0.39, 0.29) is 5.91 Å². The van der Waals surface area contributed by atoms with E-state index in [1.807, 2.05) is 25.1 Å². The molecule has 1 saturated carbocycles. The Hall–Kier alpha value is -1.51. The molecule has 0 radical (unpaired) electrons. The lowest BCUT2D eigenvalue weighted by atomic mass is 10.0. The van der Waals surface area contributed by atoms with Crippen LogP contribution >= 0.6 is 0 Å². The Kier molecular flexibility index (Phi) is 3.67. The number of hydrogen-bond donors (Lipinski definition) is 2. The molecule has 0 aliphatic heterocycles. The van der Waals surface area contributed by atoms with E-state index < -0.39 is 0 Å². The summed E-state index contributed by atoms with van der Waals surface area (Å²) in [4.78, 5) is 11.9. The molecule has 1 aromatic carbocycles. The molecule has 0 unspecified atom stereocenters. The monoisotopic (exact) mass is 232 g/mol. The molecule has 1 aliphatic rings. The Bertz CT molecular complexity index is 409. The molecule has 0 spiro atoms. The number of rotatable bonds is 3. The molecule has 3 heteroatoms. The van der Waals surface area contributed by atoms with Crippen LogP contribution in [0.4, 0.5) is 11.4 Å². The number of anilines is 2. The predicted molar refractivity (Wildman–Crippen MR) is 70.8 cm³/mol. The van der Waals surface area contributed by atoms with E-state index in [1.54, 1.807) is 0 Å². The molecule has 3 nitrogen and oxygen atoms in total. The number of nitrogen functional groups attached to an aromatic ring is 1. The summed E-state index contributed by atoms with van der Waals surface area (Å²) < 4.78 is 0. The number of benzene rings is 1. The van der Waals surface area contributed by atoms with Gasteiger partial charge in [0.15, 0.2) is 0 Å². The van der Waals surface area contributed by atoms with Crippen molar-refractivity contribution < 1.29 is 4.79 Å². The molecule has 0 bridgehead atoms. The normalized spacial score (nSPS) is 16.1. The summed E-state index contributed by atoms with van der Waals surface area (Å²) in [7, 11) is 0. The Morgan fingerprint density at radius 3 is 2.82 bits per heavy atom. The van der Waals surface area contributed by atoms with Crippen LogP contribution in [0.2, 0.25) is 0 Å². The summed E-state index contributed by atoms with van der Waals surface area (Å²) in [5.74, 6) is 0.696. The second kappa shape index (κ2) is 5.21. The maximum Gasteiger partial charge on any atom is 0.224 e. The standard InChI is InChI=1S/C14H20N2O/c1-10-6-7-12(15)9-13(10)16-14(17)8-11-4-2-3-5-11/h6-7,9,11H,2-5,8,15H2,1H3,(H,16,17). The molecular formula is C14H20N2O. The highest BCUT2D eigenvalue weighted by molar-refractivity contribution is 5.92. The van der Waals surface area contributed by atoms with E-state index in [4.69, 9.17) is 5.73 Å². The zero-order chi connectivity index (χ0) is 12.3. The summed E-state index contributed by atoms with van der Waals surface area (Å²) in [6.45, 7) is 1.98. The third-order valence-electron chi connectivity index (χ3n) is 3.48. The van der Waals surface area contributed by atoms with Gasteiger partial charge in [0.25, 0.3) is 0 Å². The number of nitrogens with one attached hydrogen (secondary N) is 1. The summed E-state index contributed by atoms with van der Waals surface area (Å²) in [5, 5.41) is 2.96. The number of carbonyl (C=O) groups is 1. The fourth-order valence-electron chi connectivity index (χ4n) is 2.45. The van der Waals surface area contributed by atoms with Crippen molar-refractivity contribution in [3.63, 3.8) is 0 Å². The molecule has 17 heavy (non-hydrogen) atoms. The van der Waals surface area contributed by atoms with Crippen molar-refractivity contribution in [1.29, 1.82) is 0 Å². The first-order chi connectivity index (χ1) is 8.15. The van der Waals surface area contributed by atoms with Gasteiger partial charge in [-0.2, -0.15) is 0 Å². The molecule has 1 aromatic rings. The average molecular weight is 232 g/mol. The fraction of sp³-hybridized carbons (Fsp3) is 0.500. The summed E-state index contributed by atoms with van der Waals surface area (Å²) in [6.07, 6.45) is 5.59. The maximum atomic E-state index is 11.9. The van der Waals surface area contributed by atoms with Crippen LogP contribution in [0.25, 0.3) is 0 Å². The van der Waals surface area contributed by atoms with E-state index in [1.165, 1.54) is 25.7 Å². The Labute approximate surface area is 102 Å². The van der Waals surface area contributed by atoms with Gasteiger partial charge in [-0.1, -0.05) is 18.9 Å². The van der Waals surface area contributed by atoms with Crippen LogP contribution in [0, 0.1) is 12.8 Å². The first-order valence-corrected chi connectivity index (χ1v) is 6.31. The van der Waals surface area contributed by atoms with Gasteiger partial charge in [0, 0.05) is 17.8 Å². The van der Waals surface area contributed by atoms with Gasteiger partial charge >= 0.3 is 0 Å².